The van der Waals surface area contributed by atoms with Crippen LogP contribution in [-0.4, -0.2) is 36.1 Å². The van der Waals surface area contributed by atoms with Crippen molar-refractivity contribution < 1.29 is 9.47 Å². The minimum atomic E-state index is -0.206. The third kappa shape index (κ3) is 4.58. The molecule has 0 aliphatic carbocycles. The van der Waals surface area contributed by atoms with Gasteiger partial charge in [-0.2, -0.15) is 0 Å². The van der Waals surface area contributed by atoms with Crippen molar-refractivity contribution in [2.24, 2.45) is 9.98 Å². The maximum absolute atomic E-state index is 6.00. The van der Waals surface area contributed by atoms with E-state index in [1.807, 2.05) is 0 Å². The maximum Gasteiger partial charge on any atom is 0.216 e. The van der Waals surface area contributed by atoms with Crippen LogP contribution in [0.15, 0.2) is 131 Å². The van der Waals surface area contributed by atoms with Crippen LogP contribution in [0.25, 0.3) is 65.3 Å². The van der Waals surface area contributed by atoms with Crippen LogP contribution < -0.4 is 0 Å². The number of hydrogen-bond donors (Lipinski definition) is 0. The molecule has 0 N–H and O–H groups in total. The van der Waals surface area contributed by atoms with Gasteiger partial charge in [-0.15, -0.1) is 0 Å². The van der Waals surface area contributed by atoms with Crippen molar-refractivity contribution in [2.45, 2.75) is 38.8 Å². The van der Waals surface area contributed by atoms with Gasteiger partial charge in [-0.25, -0.2) is 9.98 Å². The molecule has 7 aromatic carbocycles. The zero-order valence-electron chi connectivity index (χ0n) is 27.7. The molecule has 0 unspecified atom stereocenters. The third-order valence-corrected chi connectivity index (χ3v) is 9.67. The van der Waals surface area contributed by atoms with E-state index in [0.717, 1.165) is 11.1 Å². The predicted octanol–water partition coefficient (Wildman–Crippen LogP) is 10.7. The molecule has 9 rings (SSSR count). The number of benzene rings is 7. The molecule has 0 radical (unpaired) electrons. The third-order valence-electron chi connectivity index (χ3n) is 9.67. The molecule has 0 saturated carbocycles. The molecule has 2 heterocycles. The van der Waals surface area contributed by atoms with Crippen molar-refractivity contribution in [2.75, 3.05) is 13.2 Å². The van der Waals surface area contributed by atoms with E-state index < -0.39 is 0 Å². The number of hydrogen-bond acceptors (Lipinski definition) is 4. The Bertz CT molecular complexity index is 2310. The number of fused-ring (bicyclic) bond motifs is 7. The van der Waals surface area contributed by atoms with Gasteiger partial charge in [-0.05, 0) is 117 Å². The first-order valence-electron chi connectivity index (χ1n) is 16.7. The van der Waals surface area contributed by atoms with Gasteiger partial charge >= 0.3 is 0 Å². The highest BCUT2D eigenvalue weighted by molar-refractivity contribution is 6.36. The van der Waals surface area contributed by atoms with Gasteiger partial charge in [0, 0.05) is 11.1 Å². The molecule has 2 aliphatic rings. The minimum Gasteiger partial charge on any atom is -0.475 e. The van der Waals surface area contributed by atoms with E-state index in [1.165, 1.54) is 65.3 Å². The minimum absolute atomic E-state index is 0.206. The molecule has 0 spiro atoms. The molecule has 0 saturated heterocycles. The fraction of sp³-hybridized carbons (Fsp3) is 0.182. The van der Waals surface area contributed by atoms with Crippen LogP contribution in [0.3, 0.4) is 0 Å². The van der Waals surface area contributed by atoms with Crippen molar-refractivity contribution in [1.29, 1.82) is 0 Å². The Labute approximate surface area is 280 Å². The molecule has 4 heteroatoms. The fourth-order valence-corrected chi connectivity index (χ4v) is 7.47. The summed E-state index contributed by atoms with van der Waals surface area (Å²) in [5.74, 6) is 1.43. The second kappa shape index (κ2) is 10.5. The number of rotatable bonds is 4. The van der Waals surface area contributed by atoms with E-state index in [9.17, 15) is 0 Å². The Balaban J connectivity index is 1.37. The zero-order chi connectivity index (χ0) is 32.6. The van der Waals surface area contributed by atoms with Crippen LogP contribution >= 0.6 is 0 Å². The Kier molecular flexibility index (Phi) is 6.29. The molecule has 0 atom stereocenters. The Morgan fingerprint density at radius 1 is 0.396 bits per heavy atom. The SMILES string of the molecule is CC1(C)COC(c2ccc(-c3c4ccccc4c(-c4ccc(C5=NC(C)(C)CO5)cc4)c4c5ccccc5c5ccccc5c34)cc2)=N1. The molecule has 4 nitrogen and oxygen atoms in total. The Morgan fingerprint density at radius 3 is 1.04 bits per heavy atom. The van der Waals surface area contributed by atoms with Crippen molar-refractivity contribution in [3.63, 3.8) is 0 Å². The van der Waals surface area contributed by atoms with Crippen molar-refractivity contribution >= 4 is 54.9 Å². The lowest BCUT2D eigenvalue weighted by Crippen LogP contribution is -2.17. The maximum atomic E-state index is 6.00. The molecular formula is C44H36N2O2. The molecule has 0 bridgehead atoms. The summed E-state index contributed by atoms with van der Waals surface area (Å²) in [5.41, 5.74) is 6.40. The topological polar surface area (TPSA) is 43.2 Å². The van der Waals surface area contributed by atoms with E-state index in [-0.39, 0.29) is 11.1 Å². The van der Waals surface area contributed by atoms with Gasteiger partial charge in [0.2, 0.25) is 11.8 Å². The average molecular weight is 625 g/mol. The first kappa shape index (κ1) is 28.7. The highest BCUT2D eigenvalue weighted by Crippen LogP contribution is 2.49. The summed E-state index contributed by atoms with van der Waals surface area (Å²) in [6.07, 6.45) is 0. The van der Waals surface area contributed by atoms with Crippen LogP contribution in [0.2, 0.25) is 0 Å². The monoisotopic (exact) mass is 624 g/mol. The van der Waals surface area contributed by atoms with Gasteiger partial charge < -0.3 is 9.47 Å². The van der Waals surface area contributed by atoms with Gasteiger partial charge in [-0.3, -0.25) is 0 Å². The first-order chi connectivity index (χ1) is 23.3. The van der Waals surface area contributed by atoms with Crippen LogP contribution in [0, 0.1) is 0 Å². The van der Waals surface area contributed by atoms with Crippen LogP contribution in [0.4, 0.5) is 0 Å². The number of nitrogens with zero attached hydrogens (tertiary/aromatic N) is 2. The van der Waals surface area contributed by atoms with E-state index >= 15 is 0 Å². The highest BCUT2D eigenvalue weighted by Gasteiger charge is 2.29. The average Bonchev–Trinajstić information content (AvgIpc) is 3.67. The summed E-state index contributed by atoms with van der Waals surface area (Å²) >= 11 is 0. The van der Waals surface area contributed by atoms with E-state index in [1.54, 1.807) is 0 Å². The summed E-state index contributed by atoms with van der Waals surface area (Å²) in [6, 6.07) is 44.1. The molecule has 0 amide bonds. The number of ether oxygens (including phenoxy) is 2. The summed E-state index contributed by atoms with van der Waals surface area (Å²) in [7, 11) is 0. The summed E-state index contributed by atoms with van der Waals surface area (Å²) < 4.78 is 12.0. The zero-order valence-corrected chi connectivity index (χ0v) is 27.7. The predicted molar refractivity (Wildman–Crippen MR) is 200 cm³/mol. The molecule has 234 valence electrons. The van der Waals surface area contributed by atoms with Crippen molar-refractivity contribution in [3.8, 4) is 22.3 Å². The highest BCUT2D eigenvalue weighted by atomic mass is 16.5. The lowest BCUT2D eigenvalue weighted by Gasteiger charge is -2.21. The number of aliphatic imine (C=N–C) groups is 2. The van der Waals surface area contributed by atoms with Gasteiger partial charge in [0.1, 0.15) is 13.2 Å². The molecular weight excluding hydrogens is 588 g/mol. The largest absolute Gasteiger partial charge is 0.475 e. The summed E-state index contributed by atoms with van der Waals surface area (Å²) in [6.45, 7) is 9.62. The quantitative estimate of drug-likeness (QED) is 0.144. The Hall–Kier alpha value is -5.48. The lowest BCUT2D eigenvalue weighted by molar-refractivity contribution is 0.279. The molecule has 0 fully saturated rings. The second-order valence-corrected chi connectivity index (χ2v) is 14.3. The van der Waals surface area contributed by atoms with Gasteiger partial charge in [0.05, 0.1) is 11.1 Å². The van der Waals surface area contributed by atoms with Gasteiger partial charge in [0.25, 0.3) is 0 Å². The van der Waals surface area contributed by atoms with Crippen molar-refractivity contribution in [3.05, 3.63) is 132 Å². The van der Waals surface area contributed by atoms with Gasteiger partial charge in [-0.1, -0.05) is 97.1 Å². The normalized spacial score (nSPS) is 16.7. The molecule has 48 heavy (non-hydrogen) atoms. The smallest absolute Gasteiger partial charge is 0.216 e. The van der Waals surface area contributed by atoms with Crippen LogP contribution in [0.5, 0.6) is 0 Å². The molecule has 7 aromatic rings. The summed E-state index contributed by atoms with van der Waals surface area (Å²) in [5, 5.41) is 9.96. The lowest BCUT2D eigenvalue weighted by atomic mass is 9.81. The standard InChI is InChI=1S/C44H36N2O2/c1-43(2)25-47-41(45-43)29-21-17-27(18-22-29)37-35-15-9-10-16-36(35)38(28-19-23-30(24-20-28)42-46-44(3,4)26-48-42)40-34-14-8-6-12-32(34)31-11-5-7-13-33(31)39(37)40/h5-24H,25-26H2,1-4H3. The molecule has 0 aromatic heterocycles. The molecule has 2 aliphatic heterocycles. The van der Waals surface area contributed by atoms with E-state index in [2.05, 4.69) is 149 Å². The van der Waals surface area contributed by atoms with E-state index in [4.69, 9.17) is 19.5 Å². The van der Waals surface area contributed by atoms with Gasteiger partial charge in [0.15, 0.2) is 0 Å². The first-order valence-corrected chi connectivity index (χ1v) is 16.7. The fourth-order valence-electron chi connectivity index (χ4n) is 7.47. The Morgan fingerprint density at radius 2 is 0.708 bits per heavy atom. The van der Waals surface area contributed by atoms with Crippen LogP contribution in [-0.2, 0) is 9.47 Å². The van der Waals surface area contributed by atoms with E-state index in [0.29, 0.717) is 25.0 Å². The van der Waals surface area contributed by atoms with Crippen molar-refractivity contribution in [1.82, 2.24) is 0 Å². The van der Waals surface area contributed by atoms with Crippen LogP contribution in [0.1, 0.15) is 38.8 Å². The summed E-state index contributed by atoms with van der Waals surface area (Å²) in [4.78, 5) is 9.66. The second-order valence-electron chi connectivity index (χ2n) is 14.3.